The molecular weight excluding hydrogens is 1310 g/mol. The van der Waals surface area contributed by atoms with Crippen LogP contribution in [0.25, 0.3) is 0 Å². The number of carbonyl (C=O) groups excluding carboxylic acids is 4. The molecule has 0 aromatic carbocycles. The second-order valence-corrected chi connectivity index (χ2v) is 27.8. The van der Waals surface area contributed by atoms with Crippen LogP contribution in [-0.2, 0) is 65.4 Å². The first-order valence-electron chi connectivity index (χ1n) is 38.1. The summed E-state index contributed by atoms with van der Waals surface area (Å²) >= 11 is 0. The van der Waals surface area contributed by atoms with E-state index in [1.165, 1.54) is 77.0 Å². The van der Waals surface area contributed by atoms with Crippen molar-refractivity contribution in [3.8, 4) is 0 Å². The minimum absolute atomic E-state index is 0.0763. The molecule has 19 heteroatoms. The number of phosphoric acid groups is 2. The standard InChI is InChI=1S/C81H134O17P2/c1-5-9-13-17-21-25-29-33-37-41-45-49-53-57-61-65-78(83)91-71-76(97-80(85)67-63-59-55-51-47-43-39-35-31-27-23-19-15-11-7-3)73-95-99(87,88)93-69-75(82)70-94-100(89,90)96-74-77(98-81(86)68-64-60-56-52-48-44-40-36-32-28-24-20-16-12-8-4)72-92-79(84)66-62-58-54-50-46-42-38-34-30-26-22-18-14-10-6-2/h9,11,13,15,21,23,25,27,33-40,45,47,49,51,57,59,61,63,75-77,82H,5-8,10,12,14,16-20,22,24,26,28-32,41-44,46,48,50,52-56,58,60,62,64-74H2,1-4H3,(H,87,88)(H,89,90)/b13-9-,15-11-,25-21-,27-23-,37-33-,38-34-,39-35-,40-36-,49-45-,51-47-,61-57-,63-59-. The number of aliphatic hydroxyl groups excluding tert-OH is 1. The maximum Gasteiger partial charge on any atom is 0.472 e. The van der Waals surface area contributed by atoms with E-state index in [-0.39, 0.29) is 25.7 Å². The van der Waals surface area contributed by atoms with Gasteiger partial charge in [-0.05, 0) is 128 Å². The van der Waals surface area contributed by atoms with Gasteiger partial charge in [-0.15, -0.1) is 0 Å². The quantitative estimate of drug-likeness (QED) is 0.0169. The van der Waals surface area contributed by atoms with Crippen molar-refractivity contribution in [2.24, 2.45) is 0 Å². The molecule has 0 bridgehead atoms. The van der Waals surface area contributed by atoms with Crippen molar-refractivity contribution in [1.29, 1.82) is 0 Å². The summed E-state index contributed by atoms with van der Waals surface area (Å²) in [6.45, 7) is 4.37. The third-order valence-corrected chi connectivity index (χ3v) is 17.2. The van der Waals surface area contributed by atoms with E-state index in [4.69, 9.17) is 37.0 Å². The lowest BCUT2D eigenvalue weighted by molar-refractivity contribution is -0.161. The van der Waals surface area contributed by atoms with Gasteiger partial charge in [0.25, 0.3) is 0 Å². The van der Waals surface area contributed by atoms with Crippen LogP contribution in [0.1, 0.15) is 285 Å². The van der Waals surface area contributed by atoms with E-state index >= 15 is 0 Å². The third-order valence-electron chi connectivity index (χ3n) is 15.3. The van der Waals surface area contributed by atoms with Gasteiger partial charge in [0, 0.05) is 12.8 Å². The van der Waals surface area contributed by atoms with Gasteiger partial charge in [0.05, 0.1) is 39.3 Å². The summed E-state index contributed by atoms with van der Waals surface area (Å²) in [5, 5.41) is 10.6. The van der Waals surface area contributed by atoms with Crippen LogP contribution in [0.15, 0.2) is 146 Å². The van der Waals surface area contributed by atoms with Gasteiger partial charge in [0.15, 0.2) is 12.2 Å². The fourth-order valence-electron chi connectivity index (χ4n) is 9.59. The summed E-state index contributed by atoms with van der Waals surface area (Å²) in [6, 6.07) is 0. The maximum atomic E-state index is 13.1. The first-order valence-corrected chi connectivity index (χ1v) is 41.1. The molecule has 0 aromatic rings. The Morgan fingerprint density at radius 2 is 0.570 bits per heavy atom. The average Bonchev–Trinajstić information content (AvgIpc) is 1.01. The van der Waals surface area contributed by atoms with Gasteiger partial charge in [-0.3, -0.25) is 37.3 Å². The first kappa shape index (κ1) is 94.9. The second kappa shape index (κ2) is 72.3. The highest BCUT2D eigenvalue weighted by molar-refractivity contribution is 7.47. The highest BCUT2D eigenvalue weighted by atomic mass is 31.2. The zero-order valence-electron chi connectivity index (χ0n) is 62.1. The topological polar surface area (TPSA) is 237 Å². The number of ether oxygens (including phenoxy) is 4. The van der Waals surface area contributed by atoms with Crippen LogP contribution in [0, 0.1) is 0 Å². The Balaban J connectivity index is 5.51. The van der Waals surface area contributed by atoms with Gasteiger partial charge in [-0.1, -0.05) is 276 Å². The molecule has 0 aliphatic rings. The zero-order chi connectivity index (χ0) is 73.2. The molecule has 0 aliphatic heterocycles. The summed E-state index contributed by atoms with van der Waals surface area (Å²) < 4.78 is 68.2. The Labute approximate surface area is 605 Å². The van der Waals surface area contributed by atoms with Crippen LogP contribution in [-0.4, -0.2) is 96.7 Å². The van der Waals surface area contributed by atoms with Crippen molar-refractivity contribution < 1.29 is 80.2 Å². The molecule has 100 heavy (non-hydrogen) atoms. The molecule has 0 spiro atoms. The summed E-state index contributed by atoms with van der Waals surface area (Å²) in [6.07, 6.45) is 81.9. The van der Waals surface area contributed by atoms with E-state index < -0.39 is 97.5 Å². The molecular formula is C81H134O17P2. The smallest absolute Gasteiger partial charge is 0.462 e. The second-order valence-electron chi connectivity index (χ2n) is 24.9. The van der Waals surface area contributed by atoms with Gasteiger partial charge >= 0.3 is 39.5 Å². The van der Waals surface area contributed by atoms with Crippen molar-refractivity contribution in [3.63, 3.8) is 0 Å². The molecule has 0 aliphatic carbocycles. The number of unbranched alkanes of at least 4 members (excludes halogenated alkanes) is 22. The van der Waals surface area contributed by atoms with Crippen LogP contribution >= 0.6 is 15.6 Å². The molecule has 5 unspecified atom stereocenters. The molecule has 0 rings (SSSR count). The number of allylic oxidation sites excluding steroid dienone is 22. The van der Waals surface area contributed by atoms with E-state index in [9.17, 15) is 43.2 Å². The summed E-state index contributed by atoms with van der Waals surface area (Å²) in [5.41, 5.74) is 0. The number of phosphoric ester groups is 2. The largest absolute Gasteiger partial charge is 0.472 e. The summed E-state index contributed by atoms with van der Waals surface area (Å²) in [5.74, 6) is -2.50. The molecule has 0 fully saturated rings. The first-order chi connectivity index (χ1) is 48.7. The molecule has 5 atom stereocenters. The molecule has 0 radical (unpaired) electrons. The van der Waals surface area contributed by atoms with Gasteiger partial charge < -0.3 is 33.8 Å². The van der Waals surface area contributed by atoms with Crippen LogP contribution < -0.4 is 0 Å². The van der Waals surface area contributed by atoms with E-state index in [1.54, 1.807) is 18.2 Å². The maximum absolute atomic E-state index is 13.1. The van der Waals surface area contributed by atoms with Crippen LogP contribution in [0.4, 0.5) is 0 Å². The van der Waals surface area contributed by atoms with Crippen LogP contribution in [0.5, 0.6) is 0 Å². The number of rotatable bonds is 70. The lowest BCUT2D eigenvalue weighted by Gasteiger charge is -2.21. The number of carbonyl (C=O) groups is 4. The number of aliphatic hydroxyl groups is 1. The van der Waals surface area contributed by atoms with Gasteiger partial charge in [-0.2, -0.15) is 0 Å². The molecule has 0 aromatic heterocycles. The average molecular weight is 1440 g/mol. The lowest BCUT2D eigenvalue weighted by atomic mass is 10.1. The molecule has 0 heterocycles. The molecule has 0 amide bonds. The highest BCUT2D eigenvalue weighted by Crippen LogP contribution is 2.45. The predicted octanol–water partition coefficient (Wildman–Crippen LogP) is 21.9. The Hall–Kier alpha value is -5.06. The van der Waals surface area contributed by atoms with E-state index in [2.05, 4.69) is 125 Å². The Morgan fingerprint density at radius 3 is 0.920 bits per heavy atom. The van der Waals surface area contributed by atoms with Crippen molar-refractivity contribution in [1.82, 2.24) is 0 Å². The Bertz CT molecular complexity index is 2470. The predicted molar refractivity (Wildman–Crippen MR) is 408 cm³/mol. The summed E-state index contributed by atoms with van der Waals surface area (Å²) in [4.78, 5) is 72.7. The monoisotopic (exact) mass is 1440 g/mol. The van der Waals surface area contributed by atoms with E-state index in [0.717, 1.165) is 128 Å². The van der Waals surface area contributed by atoms with E-state index in [1.807, 2.05) is 30.4 Å². The minimum Gasteiger partial charge on any atom is -0.462 e. The fourth-order valence-corrected chi connectivity index (χ4v) is 11.2. The van der Waals surface area contributed by atoms with E-state index in [0.29, 0.717) is 25.7 Å². The number of hydrogen-bond acceptors (Lipinski definition) is 15. The van der Waals surface area contributed by atoms with Crippen LogP contribution in [0.2, 0.25) is 0 Å². The minimum atomic E-state index is -5.02. The van der Waals surface area contributed by atoms with Gasteiger partial charge in [-0.25, -0.2) is 9.13 Å². The third kappa shape index (κ3) is 71.3. The highest BCUT2D eigenvalue weighted by Gasteiger charge is 2.30. The molecule has 0 saturated carbocycles. The molecule has 570 valence electrons. The van der Waals surface area contributed by atoms with Crippen molar-refractivity contribution in [2.75, 3.05) is 39.6 Å². The molecule has 0 saturated heterocycles. The molecule has 17 nitrogen and oxygen atoms in total. The summed E-state index contributed by atoms with van der Waals surface area (Å²) in [7, 11) is -10.0. The zero-order valence-corrected chi connectivity index (χ0v) is 63.9. The van der Waals surface area contributed by atoms with Crippen LogP contribution in [0.3, 0.4) is 0 Å². The van der Waals surface area contributed by atoms with Crippen molar-refractivity contribution in [3.05, 3.63) is 146 Å². The van der Waals surface area contributed by atoms with Crippen molar-refractivity contribution in [2.45, 2.75) is 303 Å². The SMILES string of the molecule is CC/C=C\C/C=C\C/C=C\C/C=C\C/C=C\CC(=O)OCC(COP(=O)(O)OCC(O)COP(=O)(O)OCC(COC(=O)CCCCCCC/C=C\CCCCCCCC)OC(=O)CCCCCCC/C=C\CCCCCCCC)OC(=O)C/C=C\C/C=C\C/C=C\C/C=C\C/C=C\CC. The number of esters is 4. The lowest BCUT2D eigenvalue weighted by Crippen LogP contribution is -2.30. The van der Waals surface area contributed by atoms with Crippen molar-refractivity contribution >= 4 is 39.5 Å². The Kier molecular flexibility index (Phi) is 68.6. The van der Waals surface area contributed by atoms with Gasteiger partial charge in [0.2, 0.25) is 0 Å². The fraction of sp³-hybridized carbons (Fsp3) is 0.654. The Morgan fingerprint density at radius 1 is 0.300 bits per heavy atom. The normalized spacial score (nSPS) is 14.8. The number of hydrogen-bond donors (Lipinski definition) is 3. The molecule has 3 N–H and O–H groups in total. The van der Waals surface area contributed by atoms with Gasteiger partial charge in [0.1, 0.15) is 19.3 Å².